The van der Waals surface area contributed by atoms with Gasteiger partial charge in [0.2, 0.25) is 5.91 Å². The normalized spacial score (nSPS) is 18.2. The van der Waals surface area contributed by atoms with Crippen molar-refractivity contribution in [1.29, 1.82) is 0 Å². The lowest BCUT2D eigenvalue weighted by Crippen LogP contribution is -2.26. The molecule has 0 N–H and O–H groups in total. The van der Waals surface area contributed by atoms with Crippen LogP contribution in [0.5, 0.6) is 0 Å². The Morgan fingerprint density at radius 1 is 1.17 bits per heavy atom. The fourth-order valence-corrected chi connectivity index (χ4v) is 4.35. The maximum Gasteiger partial charge on any atom is 0.336 e. The second kappa shape index (κ2) is 7.48. The van der Waals surface area contributed by atoms with Crippen molar-refractivity contribution in [3.05, 3.63) is 69.5 Å². The average molecular weight is 407 g/mol. The number of nitrogens with zero attached hydrogens (tertiary/aromatic N) is 1. The third-order valence-electron chi connectivity index (χ3n) is 5.89. The first-order valence-electron chi connectivity index (χ1n) is 10.1. The average Bonchev–Trinajstić information content (AvgIpc) is 3.46. The number of amides is 1. The number of rotatable bonds is 5. The highest BCUT2D eigenvalue weighted by molar-refractivity contribution is 5.87. The summed E-state index contributed by atoms with van der Waals surface area (Å²) in [6.07, 6.45) is 4.74. The van der Waals surface area contributed by atoms with Crippen molar-refractivity contribution in [3.63, 3.8) is 0 Å². The summed E-state index contributed by atoms with van der Waals surface area (Å²) in [5, 5.41) is 0.796. The van der Waals surface area contributed by atoms with E-state index in [9.17, 15) is 14.4 Å². The second-order valence-corrected chi connectivity index (χ2v) is 7.92. The standard InChI is InChI=1S/C23H21NO6/c25-21-9-16(11-24(21)12-18-5-2-6-28-18)23(27)29-13-17-10-22(26)30-20-8-15-4-1-3-14(15)7-19(17)20/h2,5-8,10,16H,1,3-4,9,11-13H2/t16-/m0/s1. The number of fused-ring (bicyclic) bond motifs is 2. The first-order valence-corrected chi connectivity index (χ1v) is 10.1. The fourth-order valence-electron chi connectivity index (χ4n) is 4.35. The number of benzene rings is 1. The van der Waals surface area contributed by atoms with Crippen LogP contribution in [0.25, 0.3) is 11.0 Å². The molecular weight excluding hydrogens is 386 g/mol. The molecule has 7 nitrogen and oxygen atoms in total. The highest BCUT2D eigenvalue weighted by Gasteiger charge is 2.35. The van der Waals surface area contributed by atoms with Gasteiger partial charge in [0.1, 0.15) is 18.0 Å². The number of aryl methyl sites for hydroxylation is 2. The predicted molar refractivity (Wildman–Crippen MR) is 107 cm³/mol. The molecule has 1 saturated heterocycles. The second-order valence-electron chi connectivity index (χ2n) is 7.92. The molecule has 1 aliphatic carbocycles. The SMILES string of the molecule is O=C(OCc1cc(=O)oc2cc3c(cc12)CCC3)[C@H]1CC(=O)N(Cc2ccco2)C1. The van der Waals surface area contributed by atoms with E-state index >= 15 is 0 Å². The largest absolute Gasteiger partial charge is 0.467 e. The van der Waals surface area contributed by atoms with Crippen LogP contribution in [0.4, 0.5) is 0 Å². The van der Waals surface area contributed by atoms with Crippen LogP contribution in [0.3, 0.4) is 0 Å². The summed E-state index contributed by atoms with van der Waals surface area (Å²) in [6.45, 7) is 0.608. The van der Waals surface area contributed by atoms with Crippen molar-refractivity contribution in [2.75, 3.05) is 6.54 Å². The molecule has 0 spiro atoms. The first-order chi connectivity index (χ1) is 14.6. The third kappa shape index (κ3) is 3.51. The van der Waals surface area contributed by atoms with Gasteiger partial charge >= 0.3 is 11.6 Å². The van der Waals surface area contributed by atoms with Gasteiger partial charge in [-0.3, -0.25) is 9.59 Å². The number of likely N-dealkylation sites (tertiary alicyclic amines) is 1. The van der Waals surface area contributed by atoms with Crippen molar-refractivity contribution in [2.24, 2.45) is 5.92 Å². The topological polar surface area (TPSA) is 90.0 Å². The number of hydrogen-bond donors (Lipinski definition) is 0. The molecule has 30 heavy (non-hydrogen) atoms. The van der Waals surface area contributed by atoms with Gasteiger partial charge in [0.25, 0.3) is 0 Å². The van der Waals surface area contributed by atoms with E-state index in [4.69, 9.17) is 13.6 Å². The van der Waals surface area contributed by atoms with Crippen LogP contribution in [0, 0.1) is 5.92 Å². The molecule has 0 unspecified atom stereocenters. The van der Waals surface area contributed by atoms with E-state index in [1.54, 1.807) is 23.3 Å². The van der Waals surface area contributed by atoms with Gasteiger partial charge in [-0.05, 0) is 54.7 Å². The Kier molecular flexibility index (Phi) is 4.65. The molecule has 3 heterocycles. The van der Waals surface area contributed by atoms with Crippen molar-refractivity contribution in [1.82, 2.24) is 4.90 Å². The summed E-state index contributed by atoms with van der Waals surface area (Å²) >= 11 is 0. The Labute approximate surface area is 172 Å². The fraction of sp³-hybridized carbons (Fsp3) is 0.348. The molecule has 1 fully saturated rings. The third-order valence-corrected chi connectivity index (χ3v) is 5.89. The Morgan fingerprint density at radius 3 is 2.80 bits per heavy atom. The van der Waals surface area contributed by atoms with E-state index in [0.29, 0.717) is 30.0 Å². The molecule has 1 atom stereocenters. The number of esters is 1. The summed E-state index contributed by atoms with van der Waals surface area (Å²) in [5.74, 6) is -0.391. The van der Waals surface area contributed by atoms with Crippen LogP contribution in [0.15, 0.2) is 50.2 Å². The molecule has 0 radical (unpaired) electrons. The van der Waals surface area contributed by atoms with E-state index < -0.39 is 17.5 Å². The molecular formula is C23H21NO6. The quantitative estimate of drug-likeness (QED) is 0.477. The number of hydrogen-bond acceptors (Lipinski definition) is 6. The van der Waals surface area contributed by atoms with Gasteiger partial charge in [-0.25, -0.2) is 4.79 Å². The van der Waals surface area contributed by atoms with Gasteiger partial charge < -0.3 is 18.5 Å². The van der Waals surface area contributed by atoms with Crippen LogP contribution >= 0.6 is 0 Å². The Morgan fingerprint density at radius 2 is 2.00 bits per heavy atom. The highest BCUT2D eigenvalue weighted by Crippen LogP contribution is 2.29. The monoisotopic (exact) mass is 407 g/mol. The van der Waals surface area contributed by atoms with E-state index in [1.807, 2.05) is 12.1 Å². The zero-order valence-electron chi connectivity index (χ0n) is 16.4. The van der Waals surface area contributed by atoms with Gasteiger partial charge in [-0.15, -0.1) is 0 Å². The minimum Gasteiger partial charge on any atom is -0.467 e. The van der Waals surface area contributed by atoms with E-state index in [1.165, 1.54) is 17.2 Å². The van der Waals surface area contributed by atoms with Crippen LogP contribution in [0.1, 0.15) is 35.3 Å². The molecule has 5 rings (SSSR count). The van der Waals surface area contributed by atoms with Crippen molar-refractivity contribution in [3.8, 4) is 0 Å². The first kappa shape index (κ1) is 18.7. The minimum absolute atomic E-state index is 0.0252. The number of furan rings is 1. The molecule has 1 aliphatic heterocycles. The Balaban J connectivity index is 1.29. The summed E-state index contributed by atoms with van der Waals surface area (Å²) in [7, 11) is 0. The summed E-state index contributed by atoms with van der Waals surface area (Å²) in [6, 6.07) is 8.89. The summed E-state index contributed by atoms with van der Waals surface area (Å²) in [4.78, 5) is 38.4. The molecule has 0 saturated carbocycles. The maximum absolute atomic E-state index is 12.6. The van der Waals surface area contributed by atoms with Crippen molar-refractivity contribution < 1.29 is 23.2 Å². The molecule has 2 aliphatic rings. The summed E-state index contributed by atoms with van der Waals surface area (Å²) < 4.78 is 16.1. The van der Waals surface area contributed by atoms with Crippen LogP contribution in [0.2, 0.25) is 0 Å². The zero-order chi connectivity index (χ0) is 20.7. The molecule has 0 bridgehead atoms. The Hall–Kier alpha value is -3.35. The van der Waals surface area contributed by atoms with Crippen LogP contribution < -0.4 is 5.63 Å². The molecule has 1 aromatic carbocycles. The summed E-state index contributed by atoms with van der Waals surface area (Å²) in [5.41, 5.74) is 3.14. The Bertz CT molecular complexity index is 1180. The predicted octanol–water partition coefficient (Wildman–Crippen LogP) is 2.97. The highest BCUT2D eigenvalue weighted by atomic mass is 16.5. The number of carbonyl (C=O) groups excluding carboxylic acids is 2. The van der Waals surface area contributed by atoms with Crippen LogP contribution in [-0.4, -0.2) is 23.3 Å². The van der Waals surface area contributed by atoms with Gasteiger partial charge in [0, 0.05) is 30.0 Å². The smallest absolute Gasteiger partial charge is 0.336 e. The van der Waals surface area contributed by atoms with E-state index in [-0.39, 0.29) is 18.9 Å². The molecule has 7 heteroatoms. The van der Waals surface area contributed by atoms with Gasteiger partial charge in [0.15, 0.2) is 0 Å². The molecule has 1 amide bonds. The maximum atomic E-state index is 12.6. The number of ether oxygens (including phenoxy) is 1. The van der Waals surface area contributed by atoms with Crippen molar-refractivity contribution in [2.45, 2.75) is 38.8 Å². The van der Waals surface area contributed by atoms with Gasteiger partial charge in [-0.2, -0.15) is 0 Å². The van der Waals surface area contributed by atoms with Gasteiger partial charge in [-0.1, -0.05) is 0 Å². The molecule has 154 valence electrons. The van der Waals surface area contributed by atoms with Crippen molar-refractivity contribution >= 4 is 22.8 Å². The zero-order valence-corrected chi connectivity index (χ0v) is 16.4. The number of carbonyl (C=O) groups is 2. The van der Waals surface area contributed by atoms with E-state index in [2.05, 4.69) is 0 Å². The lowest BCUT2D eigenvalue weighted by atomic mass is 10.0. The van der Waals surface area contributed by atoms with Gasteiger partial charge in [0.05, 0.1) is 18.7 Å². The lowest BCUT2D eigenvalue weighted by Gasteiger charge is -2.15. The molecule has 3 aromatic rings. The van der Waals surface area contributed by atoms with E-state index in [0.717, 1.165) is 24.6 Å². The lowest BCUT2D eigenvalue weighted by molar-refractivity contribution is -0.149. The van der Waals surface area contributed by atoms with Crippen LogP contribution in [-0.2, 0) is 40.3 Å². The minimum atomic E-state index is -0.525. The molecule has 2 aromatic heterocycles.